The quantitative estimate of drug-likeness (QED) is 0.115. The van der Waals surface area contributed by atoms with Crippen molar-refractivity contribution in [3.05, 3.63) is 102 Å². The van der Waals surface area contributed by atoms with Crippen molar-refractivity contribution in [2.75, 3.05) is 20.3 Å². The molecule has 9 heteroatoms. The summed E-state index contributed by atoms with van der Waals surface area (Å²) in [6.45, 7) is 28.0. The fourth-order valence-corrected chi connectivity index (χ4v) is 8.05. The van der Waals surface area contributed by atoms with Gasteiger partial charge in [0.15, 0.2) is 16.6 Å². The molecule has 3 rings (SSSR count). The largest absolute Gasteiger partial charge is 0.497 e. The first kappa shape index (κ1) is 44.1. The third-order valence-electron chi connectivity index (χ3n) is 11.2. The van der Waals surface area contributed by atoms with Crippen molar-refractivity contribution in [2.24, 2.45) is 5.41 Å². The molecule has 7 nitrogen and oxygen atoms in total. The summed E-state index contributed by atoms with van der Waals surface area (Å²) in [7, 11) is -2.93. The molecule has 0 aliphatic rings. The van der Waals surface area contributed by atoms with Gasteiger partial charge in [-0.15, -0.1) is 0 Å². The average Bonchev–Trinajstić information content (AvgIpc) is 3.08. The third-order valence-corrected chi connectivity index (χ3v) is 20.1. The van der Waals surface area contributed by atoms with Crippen LogP contribution in [0.4, 0.5) is 0 Å². The van der Waals surface area contributed by atoms with E-state index in [1.165, 1.54) is 0 Å². The number of aliphatic hydroxyl groups is 1. The molecular weight excluding hydrogens is 685 g/mol. The Kier molecular flexibility index (Phi) is 15.9. The highest BCUT2D eigenvalue weighted by Gasteiger charge is 2.52. The van der Waals surface area contributed by atoms with Crippen LogP contribution in [0.5, 0.6) is 5.75 Å². The van der Waals surface area contributed by atoms with Crippen LogP contribution in [-0.2, 0) is 42.9 Å². The summed E-state index contributed by atoms with van der Waals surface area (Å²) in [5.41, 5.74) is 2.38. The monoisotopic (exact) mass is 752 g/mol. The Balaban J connectivity index is 2.15. The minimum atomic E-state index is -2.41. The molecule has 0 fully saturated rings. The van der Waals surface area contributed by atoms with Gasteiger partial charge in [0.2, 0.25) is 0 Å². The van der Waals surface area contributed by atoms with E-state index in [1.807, 2.05) is 72.8 Å². The first-order valence-corrected chi connectivity index (χ1v) is 24.5. The van der Waals surface area contributed by atoms with E-state index in [4.69, 9.17) is 27.8 Å². The van der Waals surface area contributed by atoms with Crippen molar-refractivity contribution < 1.29 is 32.9 Å². The summed E-state index contributed by atoms with van der Waals surface area (Å²) in [6.07, 6.45) is -2.17. The van der Waals surface area contributed by atoms with Crippen molar-refractivity contribution in [1.29, 1.82) is 0 Å². The van der Waals surface area contributed by atoms with Crippen molar-refractivity contribution in [3.63, 3.8) is 0 Å². The summed E-state index contributed by atoms with van der Waals surface area (Å²) < 4.78 is 40.3. The Morgan fingerprint density at radius 1 is 0.558 bits per heavy atom. The molecule has 0 amide bonds. The van der Waals surface area contributed by atoms with Gasteiger partial charge in [-0.1, -0.05) is 128 Å². The maximum Gasteiger partial charge on any atom is 0.192 e. The SMILES string of the molecule is COc1ccc(CO[C@@H]([C@H](CO[Si](C)(C)C(C)(C)C)OCc2ccccc2)C(C)(C)[C@@H](O[Si](C)(C)C(C)(C)C)[C@@H](CO)OCc2ccccc2)cc1. The van der Waals surface area contributed by atoms with Crippen molar-refractivity contribution in [3.8, 4) is 5.75 Å². The number of aliphatic hydroxyl groups excluding tert-OH is 1. The lowest BCUT2D eigenvalue weighted by molar-refractivity contribution is -0.192. The van der Waals surface area contributed by atoms with Gasteiger partial charge in [-0.3, -0.25) is 0 Å². The van der Waals surface area contributed by atoms with Crippen molar-refractivity contribution >= 4 is 16.6 Å². The van der Waals surface area contributed by atoms with Gasteiger partial charge in [-0.25, -0.2) is 0 Å². The van der Waals surface area contributed by atoms with Gasteiger partial charge in [0.1, 0.15) is 18.0 Å². The maximum atomic E-state index is 11.1. The Labute approximate surface area is 317 Å². The molecule has 3 aromatic carbocycles. The van der Waals surface area contributed by atoms with Gasteiger partial charge in [0.05, 0.1) is 52.4 Å². The third kappa shape index (κ3) is 12.3. The molecule has 0 saturated heterocycles. The predicted molar refractivity (Wildman–Crippen MR) is 218 cm³/mol. The molecule has 1 N–H and O–H groups in total. The summed E-state index contributed by atoms with van der Waals surface area (Å²) in [5.74, 6) is 0.789. The van der Waals surface area contributed by atoms with E-state index in [9.17, 15) is 5.11 Å². The fourth-order valence-electron chi connectivity index (χ4n) is 5.59. The highest BCUT2D eigenvalue weighted by atomic mass is 28.4. The van der Waals surface area contributed by atoms with Crippen LogP contribution in [0.25, 0.3) is 0 Å². The number of rotatable bonds is 20. The standard InChI is InChI=1S/C43H68O7Si2/c1-41(2,3)51(10,11)49-32-38(47-30-34-22-18-15-19-23-34)39(48-31-35-24-26-36(45-9)27-25-35)43(7,8)40(50-52(12,13)42(4,5)6)37(28-44)46-29-33-20-16-14-17-21-33/h14-27,37-40,44H,28-32H2,1-13H3/t37-,38+,39+,40+/m1/s1. The normalized spacial score (nSPS) is 15.6. The molecule has 0 aromatic heterocycles. The Morgan fingerprint density at radius 3 is 1.44 bits per heavy atom. The second-order valence-electron chi connectivity index (χ2n) is 17.6. The minimum Gasteiger partial charge on any atom is -0.497 e. The van der Waals surface area contributed by atoms with Crippen molar-refractivity contribution in [1.82, 2.24) is 0 Å². The molecule has 0 aliphatic carbocycles. The summed E-state index contributed by atoms with van der Waals surface area (Å²) in [4.78, 5) is 0. The highest BCUT2D eigenvalue weighted by molar-refractivity contribution is 6.74. The maximum absolute atomic E-state index is 11.1. The summed E-state index contributed by atoms with van der Waals surface area (Å²) in [5, 5.41) is 11.0. The molecule has 290 valence electrons. The summed E-state index contributed by atoms with van der Waals surface area (Å²) in [6, 6.07) is 28.2. The van der Waals surface area contributed by atoms with E-state index in [-0.39, 0.29) is 16.7 Å². The van der Waals surface area contributed by atoms with Gasteiger partial charge >= 0.3 is 0 Å². The van der Waals surface area contributed by atoms with Gasteiger partial charge in [0.25, 0.3) is 0 Å². The first-order chi connectivity index (χ1) is 24.2. The van der Waals surface area contributed by atoms with Crippen LogP contribution in [0.1, 0.15) is 72.1 Å². The predicted octanol–water partition coefficient (Wildman–Crippen LogP) is 10.2. The van der Waals surface area contributed by atoms with Crippen LogP contribution in [0.3, 0.4) is 0 Å². The van der Waals surface area contributed by atoms with Gasteiger partial charge in [-0.05, 0) is 65.1 Å². The molecule has 0 bridgehead atoms. The first-order valence-electron chi connectivity index (χ1n) is 18.7. The van der Waals surface area contributed by atoms with Crippen LogP contribution >= 0.6 is 0 Å². The molecular formula is C43H68O7Si2. The Bertz CT molecular complexity index is 1450. The lowest BCUT2D eigenvalue weighted by Crippen LogP contribution is -2.60. The lowest BCUT2D eigenvalue weighted by atomic mass is 9.76. The summed E-state index contributed by atoms with van der Waals surface area (Å²) >= 11 is 0. The molecule has 3 aromatic rings. The van der Waals surface area contributed by atoms with E-state index in [0.717, 1.165) is 22.4 Å². The fraction of sp³-hybridized carbons (Fsp3) is 0.581. The molecule has 0 heterocycles. The van der Waals surface area contributed by atoms with Crippen molar-refractivity contribution in [2.45, 2.75) is 136 Å². The second kappa shape index (κ2) is 18.8. The van der Waals surface area contributed by atoms with E-state index >= 15 is 0 Å². The highest BCUT2D eigenvalue weighted by Crippen LogP contribution is 2.44. The molecule has 52 heavy (non-hydrogen) atoms. The Morgan fingerprint density at radius 2 is 1.00 bits per heavy atom. The van der Waals surface area contributed by atoms with Crippen LogP contribution < -0.4 is 4.74 Å². The number of ether oxygens (including phenoxy) is 4. The van der Waals surface area contributed by atoms with Crippen LogP contribution in [0.15, 0.2) is 84.9 Å². The number of benzene rings is 3. The number of methoxy groups -OCH3 is 1. The second-order valence-corrected chi connectivity index (χ2v) is 27.2. The Hall–Kier alpha value is -2.35. The zero-order chi connectivity index (χ0) is 38.8. The van der Waals surface area contributed by atoms with E-state index in [2.05, 4.69) is 93.7 Å². The van der Waals surface area contributed by atoms with Gasteiger partial charge in [0, 0.05) is 5.41 Å². The van der Waals surface area contributed by atoms with E-state index < -0.39 is 46.5 Å². The van der Waals surface area contributed by atoms with Gasteiger partial charge in [-0.2, -0.15) is 0 Å². The van der Waals surface area contributed by atoms with Crippen LogP contribution in [0.2, 0.25) is 36.3 Å². The smallest absolute Gasteiger partial charge is 0.192 e. The van der Waals surface area contributed by atoms with Crippen LogP contribution in [0, 0.1) is 5.41 Å². The number of hydrogen-bond acceptors (Lipinski definition) is 7. The lowest BCUT2D eigenvalue weighted by Gasteiger charge is -2.50. The van der Waals surface area contributed by atoms with E-state index in [0.29, 0.717) is 26.4 Å². The zero-order valence-corrected chi connectivity index (χ0v) is 36.3. The molecule has 0 spiro atoms. The topological polar surface area (TPSA) is 75.6 Å². The van der Waals surface area contributed by atoms with E-state index in [1.54, 1.807) is 7.11 Å². The zero-order valence-electron chi connectivity index (χ0n) is 34.3. The van der Waals surface area contributed by atoms with Gasteiger partial charge < -0.3 is 32.9 Å². The minimum absolute atomic E-state index is 0.00713. The van der Waals surface area contributed by atoms with Crippen LogP contribution in [-0.4, -0.2) is 66.5 Å². The molecule has 0 radical (unpaired) electrons. The number of hydrogen-bond donors (Lipinski definition) is 1. The molecule has 4 atom stereocenters. The molecule has 0 unspecified atom stereocenters. The molecule has 0 aliphatic heterocycles. The molecule has 0 saturated carbocycles. The average molecular weight is 753 g/mol.